The van der Waals surface area contributed by atoms with E-state index in [2.05, 4.69) is 189 Å². The number of benzene rings is 4. The van der Waals surface area contributed by atoms with Crippen molar-refractivity contribution in [2.45, 2.75) is 194 Å². The van der Waals surface area contributed by atoms with Gasteiger partial charge < -0.3 is 40.0 Å². The highest BCUT2D eigenvalue weighted by Crippen LogP contribution is 2.42. The lowest BCUT2D eigenvalue weighted by atomic mass is 9.79. The Labute approximate surface area is 436 Å². The summed E-state index contributed by atoms with van der Waals surface area (Å²) in [6.07, 6.45) is 7.94. The van der Waals surface area contributed by atoms with Gasteiger partial charge in [-0.2, -0.15) is 0 Å². The van der Waals surface area contributed by atoms with Crippen molar-refractivity contribution in [2.24, 2.45) is 10.8 Å². The molecule has 8 heteroatoms. The van der Waals surface area contributed by atoms with E-state index in [0.29, 0.717) is 28.4 Å². The third-order valence-electron chi connectivity index (χ3n) is 14.8. The first-order valence-electron chi connectivity index (χ1n) is 26.6. The maximum atomic E-state index is 10.8. The summed E-state index contributed by atoms with van der Waals surface area (Å²) in [6, 6.07) is 12.7. The zero-order valence-corrected chi connectivity index (χ0v) is 50.4. The highest BCUT2D eigenvalue weighted by atomic mass is 16.3. The topological polar surface area (TPSA) is 93.9 Å². The molecule has 0 unspecified atom stereocenters. The Morgan fingerprint density at radius 2 is 0.930 bits per heavy atom. The maximum Gasteiger partial charge on any atom is 0.122 e. The van der Waals surface area contributed by atoms with E-state index in [4.69, 9.17) is 0 Å². The molecule has 0 fully saturated rings. The number of phenolic OH excluding ortho intramolecular Hbond substituents is 4. The second-order valence-corrected chi connectivity index (χ2v) is 24.3. The molecule has 0 aliphatic carbocycles. The largest absolute Gasteiger partial charge is 0.507 e. The molecule has 402 valence electrons. The summed E-state index contributed by atoms with van der Waals surface area (Å²) in [4.78, 5) is 8.53. The molecule has 4 rings (SSSR count). The second kappa shape index (κ2) is 26.8. The van der Waals surface area contributed by atoms with Gasteiger partial charge in [-0.1, -0.05) is 103 Å². The summed E-state index contributed by atoms with van der Waals surface area (Å²) < 4.78 is 0. The summed E-state index contributed by atoms with van der Waals surface area (Å²) in [5.41, 5.74) is 16.0. The SMILES string of the molecule is CCC(C)(C)CCc1cc(N(C)C)cc(C(C)(C)CC)c1O.CCN(C)c1cc(C)c(O)c(C)c1C.CCc1cc(N(C)C)c(C)c(CC)c1O.CN(C)c1cc(CCC(C)(C)C)c(O)c(C(C)(C)C)c1. The molecule has 0 bridgehead atoms. The number of hydrogen-bond acceptors (Lipinski definition) is 8. The Morgan fingerprint density at radius 1 is 0.451 bits per heavy atom. The predicted octanol–water partition coefficient (Wildman–Crippen LogP) is 15.9. The van der Waals surface area contributed by atoms with Crippen molar-refractivity contribution in [2.75, 3.05) is 75.5 Å². The molecule has 4 aromatic rings. The van der Waals surface area contributed by atoms with Crippen LogP contribution in [-0.4, -0.2) is 76.3 Å². The number of nitrogens with zero attached hydrogens (tertiary/aromatic N) is 4. The number of anilines is 4. The average Bonchev–Trinajstić information content (AvgIpc) is 3.28. The van der Waals surface area contributed by atoms with Crippen LogP contribution in [0.15, 0.2) is 36.4 Å². The van der Waals surface area contributed by atoms with Crippen LogP contribution >= 0.6 is 0 Å². The van der Waals surface area contributed by atoms with E-state index in [-0.39, 0.29) is 16.2 Å². The first-order chi connectivity index (χ1) is 32.5. The molecule has 0 amide bonds. The lowest BCUT2D eigenvalue weighted by Gasteiger charge is -2.29. The van der Waals surface area contributed by atoms with Gasteiger partial charge in [0, 0.05) is 89.8 Å². The van der Waals surface area contributed by atoms with Crippen LogP contribution in [0.25, 0.3) is 0 Å². The fourth-order valence-corrected chi connectivity index (χ4v) is 8.34. The van der Waals surface area contributed by atoms with Gasteiger partial charge >= 0.3 is 0 Å². The zero-order chi connectivity index (χ0) is 55.3. The summed E-state index contributed by atoms with van der Waals surface area (Å²) in [5, 5.41) is 41.2. The smallest absolute Gasteiger partial charge is 0.122 e. The predicted molar refractivity (Wildman–Crippen MR) is 314 cm³/mol. The number of phenols is 4. The minimum Gasteiger partial charge on any atom is -0.507 e. The minimum atomic E-state index is -0.0490. The Kier molecular flexibility index (Phi) is 24.3. The number of aryl methyl sites for hydroxylation is 4. The second-order valence-electron chi connectivity index (χ2n) is 24.3. The molecule has 4 aromatic carbocycles. The van der Waals surface area contributed by atoms with Crippen molar-refractivity contribution < 1.29 is 20.4 Å². The first kappa shape index (κ1) is 64.3. The summed E-state index contributed by atoms with van der Waals surface area (Å²) in [6.45, 7) is 41.9. The molecule has 0 aromatic heterocycles. The van der Waals surface area contributed by atoms with E-state index in [1.807, 2.05) is 48.1 Å². The molecule has 4 N–H and O–H groups in total. The molecule has 0 radical (unpaired) electrons. The summed E-state index contributed by atoms with van der Waals surface area (Å²) >= 11 is 0. The molecule has 0 aliphatic rings. The first-order valence-corrected chi connectivity index (χ1v) is 26.6. The molecule has 0 aliphatic heterocycles. The van der Waals surface area contributed by atoms with Crippen LogP contribution in [0, 0.1) is 38.5 Å². The molecule has 0 saturated carbocycles. The van der Waals surface area contributed by atoms with Crippen molar-refractivity contribution in [1.29, 1.82) is 0 Å². The average molecular weight is 984 g/mol. The van der Waals surface area contributed by atoms with E-state index in [1.54, 1.807) is 0 Å². The van der Waals surface area contributed by atoms with Crippen LogP contribution < -0.4 is 19.6 Å². The van der Waals surface area contributed by atoms with Gasteiger partial charge in [-0.3, -0.25) is 0 Å². The van der Waals surface area contributed by atoms with Gasteiger partial charge in [0.15, 0.2) is 0 Å². The normalized spacial score (nSPS) is 11.7. The van der Waals surface area contributed by atoms with E-state index in [1.165, 1.54) is 22.6 Å². The monoisotopic (exact) mass is 983 g/mol. The van der Waals surface area contributed by atoms with E-state index < -0.39 is 0 Å². The van der Waals surface area contributed by atoms with Crippen LogP contribution in [0.1, 0.15) is 185 Å². The van der Waals surface area contributed by atoms with Gasteiger partial charge in [0.1, 0.15) is 23.0 Å². The fourth-order valence-electron chi connectivity index (χ4n) is 8.34. The van der Waals surface area contributed by atoms with Crippen LogP contribution in [0.3, 0.4) is 0 Å². The van der Waals surface area contributed by atoms with Gasteiger partial charge in [-0.05, 0) is 182 Å². The number of aromatic hydroxyl groups is 4. The lowest BCUT2D eigenvalue weighted by Crippen LogP contribution is -2.19. The van der Waals surface area contributed by atoms with Crippen molar-refractivity contribution in [3.8, 4) is 23.0 Å². The van der Waals surface area contributed by atoms with Crippen molar-refractivity contribution in [3.05, 3.63) is 92.0 Å². The van der Waals surface area contributed by atoms with Crippen molar-refractivity contribution in [1.82, 2.24) is 0 Å². The molecule has 0 spiro atoms. The van der Waals surface area contributed by atoms with Gasteiger partial charge in [0.25, 0.3) is 0 Å². The lowest BCUT2D eigenvalue weighted by molar-refractivity contribution is 0.320. The quantitative estimate of drug-likeness (QED) is 0.0936. The molecular weight excluding hydrogens is 877 g/mol. The standard InChI is InChI=1S/C20H35NO.C18H31NO.C13H21NO.C12H19NO/c1-9-19(3,4)12-11-15-13-16(21(7)8)14-17(18(15)22)20(5,6)10-2;1-17(2,3)10-9-13-11-14(19(7)8)12-15(16(13)20)18(4,5)6;1-6-10-8-12(14(4)5)9(3)11(7-2)13(10)15;1-6-13(5)11-7-8(2)12(14)10(4)9(11)3/h13-14,22H,9-12H2,1-8H3;11-12,20H,9-10H2,1-8H3;8,15H,6-7H2,1-5H3;7,14H,6H2,1-5H3. The van der Waals surface area contributed by atoms with Crippen LogP contribution in [0.2, 0.25) is 0 Å². The molecule has 0 heterocycles. The Bertz CT molecular complexity index is 2310. The summed E-state index contributed by atoms with van der Waals surface area (Å²) in [5.74, 6) is 1.90. The molecule has 0 saturated heterocycles. The molecule has 0 atom stereocenters. The number of hydrogen-bond donors (Lipinski definition) is 4. The summed E-state index contributed by atoms with van der Waals surface area (Å²) in [7, 11) is 14.4. The third-order valence-corrected chi connectivity index (χ3v) is 14.8. The van der Waals surface area contributed by atoms with Crippen LogP contribution in [-0.2, 0) is 36.5 Å². The van der Waals surface area contributed by atoms with E-state index in [9.17, 15) is 20.4 Å². The van der Waals surface area contributed by atoms with Crippen LogP contribution in [0.4, 0.5) is 22.7 Å². The maximum absolute atomic E-state index is 10.8. The Hall–Kier alpha value is -4.72. The van der Waals surface area contributed by atoms with Gasteiger partial charge in [-0.25, -0.2) is 0 Å². The molecular formula is C63H106N4O4. The van der Waals surface area contributed by atoms with E-state index >= 15 is 0 Å². The zero-order valence-electron chi connectivity index (χ0n) is 50.4. The van der Waals surface area contributed by atoms with Gasteiger partial charge in [0.2, 0.25) is 0 Å². The molecule has 8 nitrogen and oxygen atoms in total. The van der Waals surface area contributed by atoms with Crippen molar-refractivity contribution >= 4 is 22.7 Å². The minimum absolute atomic E-state index is 0.00880. The van der Waals surface area contributed by atoms with Gasteiger partial charge in [0.05, 0.1) is 0 Å². The van der Waals surface area contributed by atoms with E-state index in [0.717, 1.165) is 114 Å². The fraction of sp³-hybridized carbons (Fsp3) is 0.619. The highest BCUT2D eigenvalue weighted by molar-refractivity contribution is 5.64. The third kappa shape index (κ3) is 18.4. The van der Waals surface area contributed by atoms with Crippen LogP contribution in [0.5, 0.6) is 23.0 Å². The highest BCUT2D eigenvalue weighted by Gasteiger charge is 2.26. The molecule has 71 heavy (non-hydrogen) atoms. The Balaban J connectivity index is 0.000000481. The van der Waals surface area contributed by atoms with Crippen molar-refractivity contribution in [3.63, 3.8) is 0 Å². The van der Waals surface area contributed by atoms with Gasteiger partial charge in [-0.15, -0.1) is 0 Å². The Morgan fingerprint density at radius 3 is 1.32 bits per heavy atom. The number of rotatable bonds is 15.